The highest BCUT2D eigenvalue weighted by Gasteiger charge is 2.30. The van der Waals surface area contributed by atoms with Crippen molar-refractivity contribution in [2.75, 3.05) is 7.11 Å². The van der Waals surface area contributed by atoms with Gasteiger partial charge in [-0.1, -0.05) is 0 Å². The molecule has 0 bridgehead atoms. The standard InChI is InChI=1S/C9H17NO3/c1-7(11)6-9(3,4)10(13-5)8(2)12/h6H2,1-5H3. The van der Waals surface area contributed by atoms with Crippen molar-refractivity contribution < 1.29 is 14.4 Å². The quantitative estimate of drug-likeness (QED) is 0.620. The fraction of sp³-hybridized carbons (Fsp3) is 0.778. The average molecular weight is 187 g/mol. The molecule has 0 aliphatic carbocycles. The number of rotatable bonds is 4. The predicted octanol–water partition coefficient (Wildman–Crippen LogP) is 1.15. The molecular weight excluding hydrogens is 170 g/mol. The van der Waals surface area contributed by atoms with Crippen LogP contribution in [0.1, 0.15) is 34.1 Å². The number of nitrogens with zero attached hydrogens (tertiary/aromatic N) is 1. The summed E-state index contributed by atoms with van der Waals surface area (Å²) >= 11 is 0. The molecule has 0 unspecified atom stereocenters. The zero-order valence-electron chi connectivity index (χ0n) is 8.88. The van der Waals surface area contributed by atoms with Crippen LogP contribution in [0.5, 0.6) is 0 Å². The third-order valence-electron chi connectivity index (χ3n) is 1.70. The van der Waals surface area contributed by atoms with Crippen LogP contribution < -0.4 is 0 Å². The summed E-state index contributed by atoms with van der Waals surface area (Å²) in [6.07, 6.45) is 0.292. The van der Waals surface area contributed by atoms with Gasteiger partial charge in [0.25, 0.3) is 0 Å². The van der Waals surface area contributed by atoms with Gasteiger partial charge in [0.05, 0.1) is 12.6 Å². The lowest BCUT2D eigenvalue weighted by Gasteiger charge is -2.34. The molecule has 76 valence electrons. The Bertz CT molecular complexity index is 211. The van der Waals surface area contributed by atoms with Crippen molar-refractivity contribution in [1.82, 2.24) is 5.06 Å². The van der Waals surface area contributed by atoms with E-state index in [9.17, 15) is 9.59 Å². The van der Waals surface area contributed by atoms with Gasteiger partial charge in [-0.05, 0) is 20.8 Å². The van der Waals surface area contributed by atoms with Crippen LogP contribution in [-0.2, 0) is 14.4 Å². The smallest absolute Gasteiger partial charge is 0.243 e. The van der Waals surface area contributed by atoms with Crippen LogP contribution in [0.3, 0.4) is 0 Å². The molecule has 0 aliphatic heterocycles. The van der Waals surface area contributed by atoms with Crippen molar-refractivity contribution in [2.24, 2.45) is 0 Å². The van der Waals surface area contributed by atoms with Crippen LogP contribution in [0, 0.1) is 0 Å². The molecule has 0 saturated heterocycles. The number of ketones is 1. The van der Waals surface area contributed by atoms with E-state index >= 15 is 0 Å². The second-order valence-corrected chi connectivity index (χ2v) is 3.69. The molecule has 0 aromatic rings. The zero-order valence-corrected chi connectivity index (χ0v) is 8.88. The minimum Gasteiger partial charge on any atom is -0.300 e. The average Bonchev–Trinajstić information content (AvgIpc) is 1.82. The number of hydrogen-bond donors (Lipinski definition) is 0. The maximum Gasteiger partial charge on any atom is 0.243 e. The highest BCUT2D eigenvalue weighted by atomic mass is 16.7. The van der Waals surface area contributed by atoms with Crippen molar-refractivity contribution in [3.63, 3.8) is 0 Å². The van der Waals surface area contributed by atoms with Gasteiger partial charge in [0, 0.05) is 13.3 Å². The van der Waals surface area contributed by atoms with Crippen LogP contribution in [0.4, 0.5) is 0 Å². The van der Waals surface area contributed by atoms with Gasteiger partial charge < -0.3 is 0 Å². The van der Waals surface area contributed by atoms with Crippen molar-refractivity contribution in [3.05, 3.63) is 0 Å². The first kappa shape index (κ1) is 12.1. The molecule has 0 aromatic heterocycles. The van der Waals surface area contributed by atoms with Crippen LogP contribution in [-0.4, -0.2) is 29.4 Å². The minimum atomic E-state index is -0.577. The second-order valence-electron chi connectivity index (χ2n) is 3.69. The van der Waals surface area contributed by atoms with Crippen LogP contribution in [0.25, 0.3) is 0 Å². The fourth-order valence-electron chi connectivity index (χ4n) is 1.48. The molecule has 0 radical (unpaired) electrons. The maximum atomic E-state index is 11.1. The lowest BCUT2D eigenvalue weighted by molar-refractivity contribution is -0.202. The summed E-state index contributed by atoms with van der Waals surface area (Å²) in [5.74, 6) is -0.165. The minimum absolute atomic E-state index is 0.0355. The Morgan fingerprint density at radius 3 is 2.00 bits per heavy atom. The first-order valence-electron chi connectivity index (χ1n) is 4.15. The van der Waals surface area contributed by atoms with E-state index in [0.29, 0.717) is 6.42 Å². The molecule has 0 saturated carbocycles. The molecule has 0 heterocycles. The normalized spacial score (nSPS) is 11.2. The zero-order chi connectivity index (χ0) is 10.6. The molecule has 0 atom stereocenters. The molecule has 0 spiro atoms. The van der Waals surface area contributed by atoms with Crippen LogP contribution in [0.15, 0.2) is 0 Å². The summed E-state index contributed by atoms with van der Waals surface area (Å²) in [5.41, 5.74) is -0.577. The number of hydroxylamine groups is 2. The molecule has 0 N–H and O–H groups in total. The van der Waals surface area contributed by atoms with E-state index in [0.717, 1.165) is 0 Å². The Hall–Kier alpha value is -0.900. The van der Waals surface area contributed by atoms with Gasteiger partial charge in [-0.3, -0.25) is 14.4 Å². The molecule has 0 aliphatic rings. The van der Waals surface area contributed by atoms with Crippen LogP contribution >= 0.6 is 0 Å². The maximum absolute atomic E-state index is 11.1. The Balaban J connectivity index is 4.56. The van der Waals surface area contributed by atoms with Crippen molar-refractivity contribution >= 4 is 11.7 Å². The van der Waals surface area contributed by atoms with E-state index in [1.54, 1.807) is 13.8 Å². The molecule has 1 amide bonds. The number of Topliss-reactive ketones (excluding diaryl/α,β-unsaturated/α-hetero) is 1. The third-order valence-corrected chi connectivity index (χ3v) is 1.70. The van der Waals surface area contributed by atoms with E-state index in [1.165, 1.54) is 26.0 Å². The molecule has 0 aromatic carbocycles. The SMILES string of the molecule is CON(C(C)=O)C(C)(C)CC(C)=O. The topological polar surface area (TPSA) is 46.6 Å². The van der Waals surface area contributed by atoms with Gasteiger partial charge in [-0.2, -0.15) is 0 Å². The molecule has 13 heavy (non-hydrogen) atoms. The van der Waals surface area contributed by atoms with Gasteiger partial charge in [0.2, 0.25) is 5.91 Å². The molecule has 4 nitrogen and oxygen atoms in total. The first-order valence-corrected chi connectivity index (χ1v) is 4.15. The first-order chi connectivity index (χ1) is 5.81. The van der Waals surface area contributed by atoms with E-state index in [-0.39, 0.29) is 11.7 Å². The Kier molecular flexibility index (Phi) is 4.07. The van der Waals surface area contributed by atoms with E-state index in [4.69, 9.17) is 4.84 Å². The monoisotopic (exact) mass is 187 g/mol. The van der Waals surface area contributed by atoms with Gasteiger partial charge in [0.15, 0.2) is 0 Å². The summed E-state index contributed by atoms with van der Waals surface area (Å²) < 4.78 is 0. The fourth-order valence-corrected chi connectivity index (χ4v) is 1.48. The number of amides is 1. The second kappa shape index (κ2) is 4.37. The lowest BCUT2D eigenvalue weighted by Crippen LogP contribution is -2.47. The highest BCUT2D eigenvalue weighted by Crippen LogP contribution is 2.19. The number of hydrogen-bond acceptors (Lipinski definition) is 3. The van der Waals surface area contributed by atoms with Gasteiger partial charge in [-0.15, -0.1) is 0 Å². The van der Waals surface area contributed by atoms with Crippen molar-refractivity contribution in [2.45, 2.75) is 39.7 Å². The Morgan fingerprint density at radius 1 is 1.31 bits per heavy atom. The molecule has 0 fully saturated rings. The summed E-state index contributed by atoms with van der Waals surface area (Å²) in [4.78, 5) is 26.9. The summed E-state index contributed by atoms with van der Waals surface area (Å²) in [5, 5.41) is 1.22. The van der Waals surface area contributed by atoms with Gasteiger partial charge in [0.1, 0.15) is 5.78 Å². The summed E-state index contributed by atoms with van der Waals surface area (Å²) in [6.45, 7) is 6.49. The largest absolute Gasteiger partial charge is 0.300 e. The highest BCUT2D eigenvalue weighted by molar-refractivity contribution is 5.78. The Labute approximate surface area is 78.8 Å². The van der Waals surface area contributed by atoms with Crippen molar-refractivity contribution in [1.29, 1.82) is 0 Å². The summed E-state index contributed by atoms with van der Waals surface area (Å²) in [7, 11) is 1.42. The van der Waals surface area contributed by atoms with Gasteiger partial charge in [-0.25, -0.2) is 5.06 Å². The van der Waals surface area contributed by atoms with E-state index in [1.807, 2.05) is 0 Å². The van der Waals surface area contributed by atoms with Crippen molar-refractivity contribution in [3.8, 4) is 0 Å². The summed E-state index contributed by atoms with van der Waals surface area (Å²) in [6, 6.07) is 0. The Morgan fingerprint density at radius 2 is 1.77 bits per heavy atom. The van der Waals surface area contributed by atoms with E-state index in [2.05, 4.69) is 0 Å². The van der Waals surface area contributed by atoms with Gasteiger partial charge >= 0.3 is 0 Å². The molecule has 4 heteroatoms. The predicted molar refractivity (Wildman–Crippen MR) is 48.9 cm³/mol. The third kappa shape index (κ3) is 3.55. The molecular formula is C9H17NO3. The number of carbonyl (C=O) groups is 2. The van der Waals surface area contributed by atoms with Crippen LogP contribution in [0.2, 0.25) is 0 Å². The van der Waals surface area contributed by atoms with E-state index < -0.39 is 5.54 Å². The number of carbonyl (C=O) groups excluding carboxylic acids is 2. The molecule has 0 rings (SSSR count). The lowest BCUT2D eigenvalue weighted by atomic mass is 9.98.